The molecule has 2 atom stereocenters. The van der Waals surface area contributed by atoms with Crippen LogP contribution in [0, 0.1) is 0 Å². The Morgan fingerprint density at radius 3 is 0.865 bits per heavy atom. The average molecular weight is 1250 g/mol. The van der Waals surface area contributed by atoms with Gasteiger partial charge in [0, 0.05) is 19.4 Å². The fourth-order valence-electron chi connectivity index (χ4n) is 9.42. The number of hydrogen-bond acceptors (Lipinski definition) is 8. The van der Waals surface area contributed by atoms with E-state index < -0.39 is 26.5 Å². The maximum absolute atomic E-state index is 12.8. The molecule has 0 saturated carbocycles. The van der Waals surface area contributed by atoms with Crippen LogP contribution in [0.15, 0.2) is 170 Å². The summed E-state index contributed by atoms with van der Waals surface area (Å²) in [7, 11) is -4.41. The van der Waals surface area contributed by atoms with Crippen molar-refractivity contribution in [2.75, 3.05) is 26.4 Å². The number of nitrogens with two attached hydrogens (primary N) is 1. The first-order valence-electron chi connectivity index (χ1n) is 35.6. The number of esters is 2. The van der Waals surface area contributed by atoms with Gasteiger partial charge in [0.05, 0.1) is 13.2 Å². The molecule has 0 aliphatic carbocycles. The van der Waals surface area contributed by atoms with Crippen molar-refractivity contribution in [2.24, 2.45) is 5.73 Å². The maximum Gasteiger partial charge on any atom is 0.472 e. The largest absolute Gasteiger partial charge is 0.472 e. The van der Waals surface area contributed by atoms with Crippen molar-refractivity contribution in [2.45, 2.75) is 290 Å². The highest BCUT2D eigenvalue weighted by Gasteiger charge is 2.26. The Labute approximate surface area is 546 Å². The molecule has 0 radical (unpaired) electrons. The Bertz CT molecular complexity index is 2070. The summed E-state index contributed by atoms with van der Waals surface area (Å²) >= 11 is 0. The lowest BCUT2D eigenvalue weighted by molar-refractivity contribution is -0.161. The van der Waals surface area contributed by atoms with E-state index in [1.165, 1.54) is 116 Å². The number of carbonyl (C=O) groups is 2. The van der Waals surface area contributed by atoms with Gasteiger partial charge < -0.3 is 20.1 Å². The van der Waals surface area contributed by atoms with Crippen LogP contribution < -0.4 is 5.73 Å². The molecule has 0 aromatic rings. The number of phosphoric ester groups is 1. The molecule has 0 aromatic carbocycles. The van der Waals surface area contributed by atoms with Gasteiger partial charge >= 0.3 is 19.8 Å². The zero-order valence-electron chi connectivity index (χ0n) is 56.6. The molecule has 0 saturated heterocycles. The highest BCUT2D eigenvalue weighted by Crippen LogP contribution is 2.43. The van der Waals surface area contributed by atoms with E-state index in [0.717, 1.165) is 135 Å². The summed E-state index contributed by atoms with van der Waals surface area (Å²) in [4.78, 5) is 35.4. The monoisotopic (exact) mass is 1250 g/mol. The highest BCUT2D eigenvalue weighted by molar-refractivity contribution is 7.47. The number of ether oxygens (including phenoxy) is 2. The smallest absolute Gasteiger partial charge is 0.462 e. The lowest BCUT2D eigenvalue weighted by Gasteiger charge is -2.19. The Hall–Kier alpha value is -4.63. The second kappa shape index (κ2) is 72.4. The van der Waals surface area contributed by atoms with Crippen LogP contribution in [0.1, 0.15) is 284 Å². The number of rotatable bonds is 65. The molecular formula is C79H130NO8P. The third kappa shape index (κ3) is 72.3. The average Bonchev–Trinajstić information content (AvgIpc) is 3.66. The van der Waals surface area contributed by atoms with E-state index in [2.05, 4.69) is 184 Å². The molecule has 9 nitrogen and oxygen atoms in total. The molecule has 10 heteroatoms. The van der Waals surface area contributed by atoms with E-state index in [9.17, 15) is 19.0 Å². The molecule has 0 bridgehead atoms. The topological polar surface area (TPSA) is 134 Å². The zero-order chi connectivity index (χ0) is 64.4. The zero-order valence-corrected chi connectivity index (χ0v) is 57.5. The van der Waals surface area contributed by atoms with E-state index in [4.69, 9.17) is 24.3 Å². The molecular weight excluding hydrogens is 1120 g/mol. The molecule has 0 fully saturated rings. The second-order valence-electron chi connectivity index (χ2n) is 23.0. The van der Waals surface area contributed by atoms with E-state index in [-0.39, 0.29) is 38.6 Å². The van der Waals surface area contributed by atoms with E-state index in [0.29, 0.717) is 6.42 Å². The van der Waals surface area contributed by atoms with Crippen LogP contribution >= 0.6 is 7.82 Å². The first-order chi connectivity index (χ1) is 43.8. The van der Waals surface area contributed by atoms with Gasteiger partial charge in [0.15, 0.2) is 6.10 Å². The predicted octanol–water partition coefficient (Wildman–Crippen LogP) is 23.7. The third-order valence-corrected chi connectivity index (χ3v) is 15.6. The Morgan fingerprint density at radius 2 is 0.584 bits per heavy atom. The van der Waals surface area contributed by atoms with Gasteiger partial charge in [0.25, 0.3) is 0 Å². The molecule has 3 N–H and O–H groups in total. The van der Waals surface area contributed by atoms with Crippen LogP contribution in [-0.4, -0.2) is 49.3 Å². The van der Waals surface area contributed by atoms with Crippen molar-refractivity contribution in [3.05, 3.63) is 170 Å². The molecule has 0 aromatic heterocycles. The van der Waals surface area contributed by atoms with Crippen LogP contribution in [0.3, 0.4) is 0 Å². The summed E-state index contributed by atoms with van der Waals surface area (Å²) in [6.07, 6.45) is 107. The molecule has 0 spiro atoms. The second-order valence-corrected chi connectivity index (χ2v) is 24.4. The van der Waals surface area contributed by atoms with Gasteiger partial charge in [-0.05, 0) is 128 Å². The molecule has 0 heterocycles. The van der Waals surface area contributed by atoms with E-state index >= 15 is 0 Å². The van der Waals surface area contributed by atoms with Crippen LogP contribution in [-0.2, 0) is 32.7 Å². The van der Waals surface area contributed by atoms with Crippen molar-refractivity contribution in [3.8, 4) is 0 Å². The Balaban J connectivity index is 3.94. The summed E-state index contributed by atoms with van der Waals surface area (Å²) in [5, 5.41) is 0. The molecule has 0 amide bonds. The summed E-state index contributed by atoms with van der Waals surface area (Å²) < 4.78 is 33.2. The van der Waals surface area contributed by atoms with Gasteiger partial charge in [-0.25, -0.2) is 4.57 Å². The molecule has 0 aliphatic heterocycles. The first kappa shape index (κ1) is 84.4. The van der Waals surface area contributed by atoms with Gasteiger partial charge in [-0.1, -0.05) is 312 Å². The molecule has 0 rings (SSSR count). The van der Waals surface area contributed by atoms with E-state index in [1.807, 2.05) is 0 Å². The van der Waals surface area contributed by atoms with Crippen LogP contribution in [0.25, 0.3) is 0 Å². The summed E-state index contributed by atoms with van der Waals surface area (Å²) in [5.41, 5.74) is 5.40. The summed E-state index contributed by atoms with van der Waals surface area (Å²) in [5.74, 6) is -0.838. The SMILES string of the molecule is CC/C=C\C/C=C\C/C=C\C/C=C\C/C=C\C/C=C\C/C=C\C/C=C\CCCCCCCCCCCCC(=O)OC(COC(=O)CCCCCCCCCCCCCCCC/C=C\C/C=C\C/C=C\C/C=C\C/C=C\C/C=C\CC)COP(=O)(O)OCCN. The minimum atomic E-state index is -4.41. The highest BCUT2D eigenvalue weighted by atomic mass is 31.2. The first-order valence-corrected chi connectivity index (χ1v) is 37.1. The van der Waals surface area contributed by atoms with Crippen molar-refractivity contribution in [1.82, 2.24) is 0 Å². The van der Waals surface area contributed by atoms with Crippen molar-refractivity contribution < 1.29 is 37.6 Å². The predicted molar refractivity (Wildman–Crippen MR) is 385 cm³/mol. The van der Waals surface area contributed by atoms with Gasteiger partial charge in [-0.15, -0.1) is 0 Å². The Morgan fingerprint density at radius 1 is 0.337 bits per heavy atom. The van der Waals surface area contributed by atoms with Crippen LogP contribution in [0.4, 0.5) is 0 Å². The van der Waals surface area contributed by atoms with Gasteiger partial charge in [-0.2, -0.15) is 0 Å². The van der Waals surface area contributed by atoms with Gasteiger partial charge in [0.2, 0.25) is 0 Å². The van der Waals surface area contributed by atoms with Crippen molar-refractivity contribution in [1.29, 1.82) is 0 Å². The minimum Gasteiger partial charge on any atom is -0.462 e. The number of phosphoric acid groups is 1. The quantitative estimate of drug-likeness (QED) is 0.0264. The van der Waals surface area contributed by atoms with Gasteiger partial charge in [0.1, 0.15) is 6.61 Å². The molecule has 0 aliphatic rings. The van der Waals surface area contributed by atoms with Crippen LogP contribution in [0.5, 0.6) is 0 Å². The van der Waals surface area contributed by atoms with Crippen LogP contribution in [0.2, 0.25) is 0 Å². The fourth-order valence-corrected chi connectivity index (χ4v) is 10.2. The molecule has 504 valence electrons. The number of allylic oxidation sites excluding steroid dienone is 28. The Kier molecular flexibility index (Phi) is 68.7. The fraction of sp³-hybridized carbons (Fsp3) is 0.620. The molecule has 2 unspecified atom stereocenters. The van der Waals surface area contributed by atoms with E-state index in [1.54, 1.807) is 0 Å². The number of hydrogen-bond donors (Lipinski definition) is 2. The third-order valence-electron chi connectivity index (χ3n) is 14.6. The molecule has 89 heavy (non-hydrogen) atoms. The maximum atomic E-state index is 12.8. The van der Waals surface area contributed by atoms with Crippen molar-refractivity contribution in [3.63, 3.8) is 0 Å². The standard InChI is InChI=1S/C79H130NO8P/c1-3-5-7-9-11-13-15-17-19-21-23-25-27-29-31-33-35-37-38-40-42-44-46-48-50-52-54-56-58-60-62-64-66-68-70-72-79(82)88-77(76-87-89(83,84)86-74-73-80)75-85-78(81)71-69-67-65-63-61-59-57-55-53-51-49-47-45-43-41-39-36-34-32-30-28-26-24-22-20-18-16-14-12-10-8-6-4-2/h5-8,11-14,17-20,23-26,29-32,35-37,39-40,42,46,48,77H,3-4,9-10,15-16,21-22,27-28,33-34,38,41,43-45,47,49-76,80H2,1-2H3,(H,83,84)/b7-5-,8-6-,13-11-,14-12-,19-17-,20-18-,25-23-,26-24-,31-29-,32-30-,37-35-,39-36-,42-40-,48-46-. The normalized spacial score (nSPS) is 14.0. The summed E-state index contributed by atoms with van der Waals surface area (Å²) in [6, 6.07) is 0. The number of carbonyl (C=O) groups excluding carboxylic acids is 2. The van der Waals surface area contributed by atoms with Gasteiger partial charge in [-0.3, -0.25) is 18.6 Å². The summed E-state index contributed by atoms with van der Waals surface area (Å²) in [6.45, 7) is 3.51. The number of unbranched alkanes of at least 4 members (excludes halogenated alkanes) is 24. The van der Waals surface area contributed by atoms with Crippen molar-refractivity contribution >= 4 is 19.8 Å². The minimum absolute atomic E-state index is 0.0453. The lowest BCUT2D eigenvalue weighted by Crippen LogP contribution is -2.29. The lowest BCUT2D eigenvalue weighted by atomic mass is 10.0.